The smallest absolute Gasteiger partial charge is 0.227 e. The minimum Gasteiger partial charge on any atom is -0.381 e. The van der Waals surface area contributed by atoms with E-state index in [9.17, 15) is 4.79 Å². The Morgan fingerprint density at radius 3 is 2.80 bits per heavy atom. The molecule has 1 aliphatic heterocycles. The third-order valence-corrected chi connectivity index (χ3v) is 5.21. The number of hydrogen-bond donors (Lipinski definition) is 1. The Kier molecular flexibility index (Phi) is 5.74. The molecule has 0 saturated carbocycles. The second-order valence-electron chi connectivity index (χ2n) is 5.40. The maximum absolute atomic E-state index is 12.2. The summed E-state index contributed by atoms with van der Waals surface area (Å²) < 4.78 is 6.10. The Hall–Kier alpha value is -0.720. The van der Waals surface area contributed by atoms with E-state index in [0.29, 0.717) is 12.3 Å². The summed E-state index contributed by atoms with van der Waals surface area (Å²) in [7, 11) is 1.89. The lowest BCUT2D eigenvalue weighted by atomic mass is 9.96. The maximum Gasteiger partial charge on any atom is 0.227 e. The summed E-state index contributed by atoms with van der Waals surface area (Å²) in [6.07, 6.45) is 3.78. The second kappa shape index (κ2) is 7.33. The first-order valence-corrected chi connectivity index (χ1v) is 8.29. The van der Waals surface area contributed by atoms with Crippen molar-refractivity contribution in [1.82, 2.24) is 9.88 Å². The van der Waals surface area contributed by atoms with Crippen LogP contribution in [0, 0.1) is 16.8 Å². The molecule has 0 bridgehead atoms. The first-order chi connectivity index (χ1) is 9.56. The van der Waals surface area contributed by atoms with E-state index in [-0.39, 0.29) is 5.91 Å². The van der Waals surface area contributed by atoms with Gasteiger partial charge in [0.1, 0.15) is 0 Å². The number of amides is 1. The fourth-order valence-electron chi connectivity index (χ4n) is 2.41. The highest BCUT2D eigenvalue weighted by Gasteiger charge is 2.17. The third-order valence-electron chi connectivity index (χ3n) is 3.87. The fraction of sp³-hybridized carbons (Fsp3) is 0.714. The highest BCUT2D eigenvalue weighted by atomic mass is 32.1. The van der Waals surface area contributed by atoms with E-state index in [2.05, 4.69) is 4.98 Å². The number of thiazole rings is 1. The van der Waals surface area contributed by atoms with Crippen LogP contribution in [-0.2, 0) is 16.0 Å². The van der Waals surface area contributed by atoms with Crippen molar-refractivity contribution < 1.29 is 9.53 Å². The van der Waals surface area contributed by atoms with Crippen LogP contribution in [0.25, 0.3) is 0 Å². The first-order valence-electron chi connectivity index (χ1n) is 7.06. The van der Waals surface area contributed by atoms with Gasteiger partial charge in [0.05, 0.1) is 6.42 Å². The van der Waals surface area contributed by atoms with Crippen LogP contribution in [0.15, 0.2) is 0 Å². The number of hydrogen-bond acceptors (Lipinski definition) is 4. The number of aryl methyl sites for hydroxylation is 1. The van der Waals surface area contributed by atoms with Gasteiger partial charge < -0.3 is 14.6 Å². The van der Waals surface area contributed by atoms with Gasteiger partial charge in [-0.15, -0.1) is 11.3 Å². The zero-order valence-electron chi connectivity index (χ0n) is 12.1. The van der Waals surface area contributed by atoms with Gasteiger partial charge in [-0.1, -0.05) is 0 Å². The molecule has 112 valence electrons. The minimum absolute atomic E-state index is 0.172. The number of carbonyl (C=O) groups is 1. The normalized spacial score (nSPS) is 16.3. The van der Waals surface area contributed by atoms with Gasteiger partial charge in [-0.3, -0.25) is 4.79 Å². The zero-order valence-corrected chi connectivity index (χ0v) is 13.7. The van der Waals surface area contributed by atoms with E-state index in [4.69, 9.17) is 17.0 Å². The molecule has 0 aromatic carbocycles. The van der Waals surface area contributed by atoms with Crippen molar-refractivity contribution in [2.24, 2.45) is 5.92 Å². The van der Waals surface area contributed by atoms with Crippen LogP contribution in [0.4, 0.5) is 0 Å². The molecule has 6 heteroatoms. The molecule has 1 aromatic rings. The summed E-state index contributed by atoms with van der Waals surface area (Å²) in [5.74, 6) is 0.875. The van der Waals surface area contributed by atoms with E-state index < -0.39 is 0 Å². The standard InChI is InChI=1S/C14H22N2O2S2/c1-10-12(20-14(19)15-10)9-13(17)16(2)6-3-11-4-7-18-8-5-11/h11H,3-9H2,1-2H3,(H,15,19). The fourth-order valence-corrected chi connectivity index (χ4v) is 3.70. The Labute approximate surface area is 129 Å². The van der Waals surface area contributed by atoms with Crippen molar-refractivity contribution >= 4 is 29.5 Å². The van der Waals surface area contributed by atoms with Crippen LogP contribution in [0.1, 0.15) is 29.8 Å². The molecule has 0 spiro atoms. The largest absolute Gasteiger partial charge is 0.381 e. The van der Waals surface area contributed by atoms with Gasteiger partial charge in [0.15, 0.2) is 3.95 Å². The topological polar surface area (TPSA) is 45.3 Å². The van der Waals surface area contributed by atoms with Gasteiger partial charge in [-0.25, -0.2) is 0 Å². The predicted molar refractivity (Wildman–Crippen MR) is 83.7 cm³/mol. The van der Waals surface area contributed by atoms with E-state index in [1.807, 2.05) is 18.9 Å². The monoisotopic (exact) mass is 314 g/mol. The third kappa shape index (κ3) is 4.40. The highest BCUT2D eigenvalue weighted by Crippen LogP contribution is 2.19. The summed E-state index contributed by atoms with van der Waals surface area (Å²) in [5, 5.41) is 0. The van der Waals surface area contributed by atoms with Crippen molar-refractivity contribution in [2.45, 2.75) is 32.6 Å². The zero-order chi connectivity index (χ0) is 14.5. The van der Waals surface area contributed by atoms with Gasteiger partial charge in [0, 0.05) is 37.4 Å². The number of rotatable bonds is 5. The summed E-state index contributed by atoms with van der Waals surface area (Å²) >= 11 is 6.60. The molecule has 0 unspecified atom stereocenters. The number of nitrogens with one attached hydrogen (secondary N) is 1. The molecule has 2 heterocycles. The number of aromatic nitrogens is 1. The molecule has 0 radical (unpaired) electrons. The number of aromatic amines is 1. The van der Waals surface area contributed by atoms with Gasteiger partial charge in [-0.2, -0.15) is 0 Å². The lowest BCUT2D eigenvalue weighted by Crippen LogP contribution is -2.31. The summed E-state index contributed by atoms with van der Waals surface area (Å²) in [5.41, 5.74) is 1.02. The van der Waals surface area contributed by atoms with Crippen LogP contribution >= 0.6 is 23.6 Å². The van der Waals surface area contributed by atoms with Crippen molar-refractivity contribution in [3.63, 3.8) is 0 Å². The summed E-state index contributed by atoms with van der Waals surface area (Å²) in [4.78, 5) is 18.2. The van der Waals surface area contributed by atoms with Crippen LogP contribution < -0.4 is 0 Å². The molecule has 4 nitrogen and oxygen atoms in total. The lowest BCUT2D eigenvalue weighted by Gasteiger charge is -2.24. The molecular formula is C14H22N2O2S2. The van der Waals surface area contributed by atoms with Gasteiger partial charge in [-0.05, 0) is 44.3 Å². The highest BCUT2D eigenvalue weighted by molar-refractivity contribution is 7.73. The quantitative estimate of drug-likeness (QED) is 0.850. The Balaban J connectivity index is 1.79. The predicted octanol–water partition coefficient (Wildman–Crippen LogP) is 2.93. The lowest BCUT2D eigenvalue weighted by molar-refractivity contribution is -0.129. The molecule has 20 heavy (non-hydrogen) atoms. The van der Waals surface area contributed by atoms with Gasteiger partial charge in [0.25, 0.3) is 0 Å². The Bertz CT molecular complexity index is 504. The van der Waals surface area contributed by atoms with Crippen molar-refractivity contribution in [1.29, 1.82) is 0 Å². The summed E-state index contributed by atoms with van der Waals surface area (Å²) in [6, 6.07) is 0. The number of H-pyrrole nitrogens is 1. The van der Waals surface area contributed by atoms with Crippen LogP contribution in [0.5, 0.6) is 0 Å². The molecule has 0 aliphatic carbocycles. The minimum atomic E-state index is 0.172. The number of carbonyl (C=O) groups excluding carboxylic acids is 1. The molecule has 1 saturated heterocycles. The van der Waals surface area contributed by atoms with E-state index in [1.165, 1.54) is 11.3 Å². The van der Waals surface area contributed by atoms with Crippen LogP contribution in [0.2, 0.25) is 0 Å². The molecule has 1 aromatic heterocycles. The molecule has 0 atom stereocenters. The SMILES string of the molecule is Cc1[nH]c(=S)sc1CC(=O)N(C)CCC1CCOCC1. The molecule has 1 fully saturated rings. The average Bonchev–Trinajstić information content (AvgIpc) is 2.75. The van der Waals surface area contributed by atoms with Gasteiger partial charge in [0.2, 0.25) is 5.91 Å². The van der Waals surface area contributed by atoms with Crippen LogP contribution in [0.3, 0.4) is 0 Å². The van der Waals surface area contributed by atoms with E-state index in [1.54, 1.807) is 0 Å². The Morgan fingerprint density at radius 1 is 1.50 bits per heavy atom. The first kappa shape index (κ1) is 15.7. The van der Waals surface area contributed by atoms with E-state index >= 15 is 0 Å². The van der Waals surface area contributed by atoms with Gasteiger partial charge >= 0.3 is 0 Å². The number of likely N-dealkylation sites (N-methyl/N-ethyl adjacent to an activating group) is 1. The summed E-state index contributed by atoms with van der Waals surface area (Å²) in [6.45, 7) is 4.54. The van der Waals surface area contributed by atoms with Crippen molar-refractivity contribution in [3.05, 3.63) is 14.5 Å². The molecule has 1 amide bonds. The van der Waals surface area contributed by atoms with E-state index in [0.717, 1.165) is 53.5 Å². The van der Waals surface area contributed by atoms with Crippen LogP contribution in [-0.4, -0.2) is 42.6 Å². The second-order valence-corrected chi connectivity index (χ2v) is 7.17. The average molecular weight is 314 g/mol. The molecule has 1 aliphatic rings. The number of nitrogens with zero attached hydrogens (tertiary/aromatic N) is 1. The molecular weight excluding hydrogens is 292 g/mol. The molecule has 1 N–H and O–H groups in total. The Morgan fingerprint density at radius 2 is 2.20 bits per heavy atom. The van der Waals surface area contributed by atoms with Crippen molar-refractivity contribution in [2.75, 3.05) is 26.8 Å². The molecule has 2 rings (SSSR count). The number of ether oxygens (including phenoxy) is 1. The van der Waals surface area contributed by atoms with Crippen molar-refractivity contribution in [3.8, 4) is 0 Å². The maximum atomic E-state index is 12.2.